The van der Waals surface area contributed by atoms with Crippen LogP contribution in [-0.2, 0) is 6.54 Å². The topological polar surface area (TPSA) is 12.0 Å². The largest absolute Gasteiger partial charge is 0.378 e. The molecule has 1 N–H and O–H groups in total. The Morgan fingerprint density at radius 2 is 2.07 bits per heavy atom. The van der Waals surface area contributed by atoms with Gasteiger partial charge in [0.2, 0.25) is 0 Å². The van der Waals surface area contributed by atoms with Gasteiger partial charge < -0.3 is 5.32 Å². The minimum atomic E-state index is -0.828. The SMILES string of the molecule is Fc1cccc(NCc2ccsc2)c1F. The van der Waals surface area contributed by atoms with Crippen LogP contribution in [0.15, 0.2) is 35.0 Å². The van der Waals surface area contributed by atoms with Gasteiger partial charge in [-0.1, -0.05) is 6.07 Å². The third-order valence-corrected chi connectivity index (χ3v) is 2.75. The summed E-state index contributed by atoms with van der Waals surface area (Å²) in [4.78, 5) is 0. The second kappa shape index (κ2) is 4.40. The average molecular weight is 225 g/mol. The number of rotatable bonds is 3. The highest BCUT2D eigenvalue weighted by atomic mass is 32.1. The number of hydrogen-bond acceptors (Lipinski definition) is 2. The summed E-state index contributed by atoms with van der Waals surface area (Å²) in [6.07, 6.45) is 0. The second-order valence-corrected chi connectivity index (χ2v) is 3.87. The lowest BCUT2D eigenvalue weighted by atomic mass is 10.2. The first-order valence-corrected chi connectivity index (χ1v) is 5.40. The second-order valence-electron chi connectivity index (χ2n) is 3.09. The van der Waals surface area contributed by atoms with Crippen LogP contribution in [0.5, 0.6) is 0 Å². The van der Waals surface area contributed by atoms with Crippen LogP contribution < -0.4 is 5.32 Å². The Morgan fingerprint density at radius 3 is 2.80 bits per heavy atom. The normalized spacial score (nSPS) is 10.3. The Labute approximate surface area is 90.4 Å². The first-order chi connectivity index (χ1) is 7.27. The molecule has 0 fully saturated rings. The minimum Gasteiger partial charge on any atom is -0.378 e. The molecule has 1 heterocycles. The van der Waals surface area contributed by atoms with Crippen LogP contribution in [-0.4, -0.2) is 0 Å². The Morgan fingerprint density at radius 1 is 1.20 bits per heavy atom. The monoisotopic (exact) mass is 225 g/mol. The summed E-state index contributed by atoms with van der Waals surface area (Å²) in [6, 6.07) is 6.04. The van der Waals surface area contributed by atoms with Crippen LogP contribution in [0.4, 0.5) is 14.5 Å². The van der Waals surface area contributed by atoms with Crippen molar-refractivity contribution < 1.29 is 8.78 Å². The van der Waals surface area contributed by atoms with Crippen molar-refractivity contribution in [1.82, 2.24) is 0 Å². The maximum atomic E-state index is 13.2. The van der Waals surface area contributed by atoms with Crippen molar-refractivity contribution in [3.63, 3.8) is 0 Å². The Bertz CT molecular complexity index is 440. The van der Waals surface area contributed by atoms with E-state index in [9.17, 15) is 8.78 Å². The zero-order chi connectivity index (χ0) is 10.7. The van der Waals surface area contributed by atoms with Crippen LogP contribution in [0, 0.1) is 11.6 Å². The van der Waals surface area contributed by atoms with Gasteiger partial charge in [0.1, 0.15) is 0 Å². The van der Waals surface area contributed by atoms with E-state index in [0.717, 1.165) is 11.6 Å². The zero-order valence-electron chi connectivity index (χ0n) is 7.84. The molecule has 0 saturated heterocycles. The molecule has 1 aromatic heterocycles. The fraction of sp³-hybridized carbons (Fsp3) is 0.0909. The lowest BCUT2D eigenvalue weighted by Crippen LogP contribution is -2.01. The van der Waals surface area contributed by atoms with E-state index in [4.69, 9.17) is 0 Å². The number of halogens is 2. The van der Waals surface area contributed by atoms with E-state index < -0.39 is 11.6 Å². The van der Waals surface area contributed by atoms with Crippen molar-refractivity contribution >= 4 is 17.0 Å². The summed E-state index contributed by atoms with van der Waals surface area (Å²) in [5.74, 6) is -1.65. The molecule has 0 atom stereocenters. The highest BCUT2D eigenvalue weighted by Crippen LogP contribution is 2.17. The molecule has 0 amide bonds. The van der Waals surface area contributed by atoms with Crippen LogP contribution >= 0.6 is 11.3 Å². The van der Waals surface area contributed by atoms with Gasteiger partial charge in [0.05, 0.1) is 5.69 Å². The third kappa shape index (κ3) is 2.33. The van der Waals surface area contributed by atoms with Gasteiger partial charge in [0.25, 0.3) is 0 Å². The van der Waals surface area contributed by atoms with Gasteiger partial charge >= 0.3 is 0 Å². The van der Waals surface area contributed by atoms with Crippen molar-refractivity contribution in [2.75, 3.05) is 5.32 Å². The highest BCUT2D eigenvalue weighted by Gasteiger charge is 2.06. The predicted molar refractivity (Wildman–Crippen MR) is 58.0 cm³/mol. The molecule has 0 spiro atoms. The van der Waals surface area contributed by atoms with Crippen molar-refractivity contribution in [2.24, 2.45) is 0 Å². The van der Waals surface area contributed by atoms with E-state index in [1.807, 2.05) is 16.8 Å². The van der Waals surface area contributed by atoms with E-state index in [2.05, 4.69) is 5.32 Å². The van der Waals surface area contributed by atoms with E-state index in [0.29, 0.717) is 6.54 Å². The van der Waals surface area contributed by atoms with Gasteiger partial charge in [0.15, 0.2) is 11.6 Å². The van der Waals surface area contributed by atoms with E-state index in [1.54, 1.807) is 11.3 Å². The quantitative estimate of drug-likeness (QED) is 0.841. The van der Waals surface area contributed by atoms with E-state index in [1.165, 1.54) is 12.1 Å². The molecule has 2 aromatic rings. The molecule has 0 aliphatic rings. The van der Waals surface area contributed by atoms with Crippen molar-refractivity contribution in [2.45, 2.75) is 6.54 Å². The van der Waals surface area contributed by atoms with Gasteiger partial charge in [0, 0.05) is 6.54 Å². The molecule has 2 rings (SSSR count). The molecular weight excluding hydrogens is 216 g/mol. The van der Waals surface area contributed by atoms with E-state index >= 15 is 0 Å². The number of nitrogens with one attached hydrogen (secondary N) is 1. The highest BCUT2D eigenvalue weighted by molar-refractivity contribution is 7.07. The molecule has 78 valence electrons. The molecule has 4 heteroatoms. The molecule has 0 aliphatic carbocycles. The molecule has 0 aliphatic heterocycles. The Hall–Kier alpha value is -1.42. The molecule has 1 nitrogen and oxygen atoms in total. The van der Waals surface area contributed by atoms with Crippen molar-refractivity contribution in [3.05, 3.63) is 52.2 Å². The van der Waals surface area contributed by atoms with Crippen LogP contribution in [0.1, 0.15) is 5.56 Å². The summed E-state index contributed by atoms with van der Waals surface area (Å²) >= 11 is 1.57. The Balaban J connectivity index is 2.08. The van der Waals surface area contributed by atoms with Gasteiger partial charge in [-0.25, -0.2) is 8.78 Å². The van der Waals surface area contributed by atoms with Crippen LogP contribution in [0.3, 0.4) is 0 Å². The maximum absolute atomic E-state index is 13.2. The van der Waals surface area contributed by atoms with E-state index in [-0.39, 0.29) is 5.69 Å². The van der Waals surface area contributed by atoms with Gasteiger partial charge in [-0.05, 0) is 34.5 Å². The standard InChI is InChI=1S/C11H9F2NS/c12-9-2-1-3-10(11(9)13)14-6-8-4-5-15-7-8/h1-5,7,14H,6H2. The fourth-order valence-corrected chi connectivity index (χ4v) is 1.90. The molecule has 0 unspecified atom stereocenters. The van der Waals surface area contributed by atoms with Gasteiger partial charge in [-0.15, -0.1) is 0 Å². The molecule has 0 radical (unpaired) electrons. The third-order valence-electron chi connectivity index (χ3n) is 2.01. The fourth-order valence-electron chi connectivity index (χ4n) is 1.23. The molecule has 1 aromatic carbocycles. The number of thiophene rings is 1. The summed E-state index contributed by atoms with van der Waals surface area (Å²) < 4.78 is 26.0. The molecular formula is C11H9F2NS. The number of anilines is 1. The first kappa shape index (κ1) is 10.1. The zero-order valence-corrected chi connectivity index (χ0v) is 8.65. The minimum absolute atomic E-state index is 0.196. The lowest BCUT2D eigenvalue weighted by Gasteiger charge is -2.06. The lowest BCUT2D eigenvalue weighted by molar-refractivity contribution is 0.511. The Kier molecular flexibility index (Phi) is 2.97. The molecule has 15 heavy (non-hydrogen) atoms. The van der Waals surface area contributed by atoms with Crippen LogP contribution in [0.2, 0.25) is 0 Å². The maximum Gasteiger partial charge on any atom is 0.181 e. The van der Waals surface area contributed by atoms with Crippen LogP contribution in [0.25, 0.3) is 0 Å². The number of benzene rings is 1. The molecule has 0 bridgehead atoms. The van der Waals surface area contributed by atoms with Crippen molar-refractivity contribution in [3.8, 4) is 0 Å². The van der Waals surface area contributed by atoms with Gasteiger partial charge in [-0.3, -0.25) is 0 Å². The first-order valence-electron chi connectivity index (χ1n) is 4.46. The average Bonchev–Trinajstić information content (AvgIpc) is 2.73. The van der Waals surface area contributed by atoms with Gasteiger partial charge in [-0.2, -0.15) is 11.3 Å². The summed E-state index contributed by atoms with van der Waals surface area (Å²) in [5.41, 5.74) is 1.25. The number of hydrogen-bond donors (Lipinski definition) is 1. The summed E-state index contributed by atoms with van der Waals surface area (Å²) in [6.45, 7) is 0.504. The summed E-state index contributed by atoms with van der Waals surface area (Å²) in [7, 11) is 0. The predicted octanol–water partition coefficient (Wildman–Crippen LogP) is 3.64. The smallest absolute Gasteiger partial charge is 0.181 e. The molecule has 0 saturated carbocycles. The summed E-state index contributed by atoms with van der Waals surface area (Å²) in [5, 5.41) is 6.75. The van der Waals surface area contributed by atoms with Crippen molar-refractivity contribution in [1.29, 1.82) is 0 Å².